The molecule has 1 aliphatic heterocycles. The molecule has 1 aliphatic carbocycles. The van der Waals surface area contributed by atoms with E-state index in [1.54, 1.807) is 24.5 Å². The number of fused-ring (bicyclic) bond motifs is 1. The van der Waals surface area contributed by atoms with Gasteiger partial charge in [0.25, 0.3) is 0 Å². The highest BCUT2D eigenvalue weighted by atomic mass is 16.5. The maximum Gasteiger partial charge on any atom is 0.243 e. The van der Waals surface area contributed by atoms with Gasteiger partial charge in [-0.15, -0.1) is 0 Å². The van der Waals surface area contributed by atoms with Gasteiger partial charge in [0, 0.05) is 37.1 Å². The largest absolute Gasteiger partial charge is 0.472 e. The van der Waals surface area contributed by atoms with E-state index in [9.17, 15) is 4.79 Å². The first-order chi connectivity index (χ1) is 9.39. The van der Waals surface area contributed by atoms with Gasteiger partial charge in [0.15, 0.2) is 0 Å². The van der Waals surface area contributed by atoms with Crippen molar-refractivity contribution in [1.82, 2.24) is 4.90 Å². The van der Waals surface area contributed by atoms with Crippen LogP contribution in [-0.4, -0.2) is 36.1 Å². The van der Waals surface area contributed by atoms with E-state index in [1.807, 2.05) is 19.9 Å². The molecule has 2 heterocycles. The van der Waals surface area contributed by atoms with E-state index < -0.39 is 5.54 Å². The smallest absolute Gasteiger partial charge is 0.243 e. The van der Waals surface area contributed by atoms with Gasteiger partial charge in [-0.1, -0.05) is 13.8 Å². The third-order valence-corrected chi connectivity index (χ3v) is 5.15. The maximum absolute atomic E-state index is 12.8. The molecule has 1 amide bonds. The normalized spacial score (nSPS) is 34.4. The topological polar surface area (TPSA) is 68.7 Å². The second-order valence-electron chi connectivity index (χ2n) is 6.57. The summed E-state index contributed by atoms with van der Waals surface area (Å²) >= 11 is 0. The monoisotopic (exact) mass is 278 g/mol. The molecule has 2 fully saturated rings. The Bertz CT molecular complexity index is 511. The summed E-state index contributed by atoms with van der Waals surface area (Å²) < 4.78 is 10.8. The van der Waals surface area contributed by atoms with E-state index in [4.69, 9.17) is 14.9 Å². The second kappa shape index (κ2) is 4.33. The Kier molecular flexibility index (Phi) is 2.95. The third kappa shape index (κ3) is 1.59. The zero-order valence-corrected chi connectivity index (χ0v) is 12.3. The van der Waals surface area contributed by atoms with Crippen LogP contribution in [0.4, 0.5) is 0 Å². The van der Waals surface area contributed by atoms with Crippen molar-refractivity contribution in [2.75, 3.05) is 13.7 Å². The molecule has 0 spiro atoms. The Morgan fingerprint density at radius 2 is 2.30 bits per heavy atom. The van der Waals surface area contributed by atoms with Crippen LogP contribution in [0.25, 0.3) is 0 Å². The van der Waals surface area contributed by atoms with Crippen LogP contribution < -0.4 is 5.73 Å². The fraction of sp³-hybridized carbons (Fsp3) is 0.667. The zero-order chi connectivity index (χ0) is 14.5. The van der Waals surface area contributed by atoms with E-state index in [1.165, 1.54) is 0 Å². The van der Waals surface area contributed by atoms with E-state index in [0.29, 0.717) is 13.2 Å². The number of furan rings is 1. The standard InChI is InChI=1S/C15H22N2O3/c1-14(2)12-11(5-7-20-12)15(14,16)13(18)17(3)8-10-4-6-19-9-10/h4,6,9,11-12H,5,7-8,16H2,1-3H3. The fourth-order valence-corrected chi connectivity index (χ4v) is 3.86. The Labute approximate surface area is 119 Å². The van der Waals surface area contributed by atoms with Gasteiger partial charge in [-0.2, -0.15) is 0 Å². The molecule has 1 saturated carbocycles. The van der Waals surface area contributed by atoms with Crippen molar-refractivity contribution in [2.45, 2.75) is 38.5 Å². The van der Waals surface area contributed by atoms with Crippen molar-refractivity contribution < 1.29 is 13.9 Å². The summed E-state index contributed by atoms with van der Waals surface area (Å²) in [4.78, 5) is 14.5. The minimum atomic E-state index is -0.827. The molecule has 1 aromatic rings. The molecule has 5 heteroatoms. The predicted molar refractivity (Wildman–Crippen MR) is 73.7 cm³/mol. The molecule has 1 aromatic heterocycles. The average molecular weight is 278 g/mol. The number of carbonyl (C=O) groups is 1. The molecule has 2 N–H and O–H groups in total. The molecule has 0 radical (unpaired) electrons. The number of carbonyl (C=O) groups excluding carboxylic acids is 1. The molecule has 2 aliphatic rings. The summed E-state index contributed by atoms with van der Waals surface area (Å²) in [6.45, 7) is 5.28. The van der Waals surface area contributed by atoms with E-state index in [-0.39, 0.29) is 23.3 Å². The summed E-state index contributed by atoms with van der Waals surface area (Å²) in [6.07, 6.45) is 4.25. The van der Waals surface area contributed by atoms with Crippen molar-refractivity contribution in [2.24, 2.45) is 17.1 Å². The number of nitrogens with two attached hydrogens (primary N) is 1. The Balaban J connectivity index is 1.79. The van der Waals surface area contributed by atoms with Crippen molar-refractivity contribution in [3.63, 3.8) is 0 Å². The van der Waals surface area contributed by atoms with Gasteiger partial charge >= 0.3 is 0 Å². The second-order valence-corrected chi connectivity index (χ2v) is 6.57. The molecule has 110 valence electrons. The van der Waals surface area contributed by atoms with E-state index >= 15 is 0 Å². The lowest BCUT2D eigenvalue weighted by Crippen LogP contribution is -2.80. The van der Waals surface area contributed by atoms with Gasteiger partial charge in [0.1, 0.15) is 5.54 Å². The Morgan fingerprint density at radius 3 is 2.95 bits per heavy atom. The number of ether oxygens (including phenoxy) is 1. The summed E-state index contributed by atoms with van der Waals surface area (Å²) in [5.74, 6) is 0.132. The number of hydrogen-bond acceptors (Lipinski definition) is 4. The minimum absolute atomic E-state index is 0.00421. The van der Waals surface area contributed by atoms with Crippen LogP contribution in [0, 0.1) is 11.3 Å². The molecule has 0 aromatic carbocycles. The number of nitrogens with zero attached hydrogens (tertiary/aromatic N) is 1. The van der Waals surface area contributed by atoms with Crippen LogP contribution in [0.5, 0.6) is 0 Å². The van der Waals surface area contributed by atoms with Gasteiger partial charge in [-0.05, 0) is 12.5 Å². The van der Waals surface area contributed by atoms with Crippen LogP contribution in [0.15, 0.2) is 23.0 Å². The van der Waals surface area contributed by atoms with Crippen LogP contribution in [0.1, 0.15) is 25.8 Å². The Morgan fingerprint density at radius 1 is 1.55 bits per heavy atom. The van der Waals surface area contributed by atoms with Crippen LogP contribution in [-0.2, 0) is 16.1 Å². The first-order valence-electron chi connectivity index (χ1n) is 7.06. The minimum Gasteiger partial charge on any atom is -0.472 e. The van der Waals surface area contributed by atoms with Crippen LogP contribution in [0.3, 0.4) is 0 Å². The highest BCUT2D eigenvalue weighted by molar-refractivity contribution is 5.89. The van der Waals surface area contributed by atoms with Crippen molar-refractivity contribution in [1.29, 1.82) is 0 Å². The quantitative estimate of drug-likeness (QED) is 0.907. The van der Waals surface area contributed by atoms with Gasteiger partial charge in [-0.25, -0.2) is 0 Å². The van der Waals surface area contributed by atoms with Crippen molar-refractivity contribution in [3.05, 3.63) is 24.2 Å². The zero-order valence-electron chi connectivity index (χ0n) is 12.3. The number of hydrogen-bond donors (Lipinski definition) is 1. The lowest BCUT2D eigenvalue weighted by molar-refractivity contribution is -0.183. The summed E-state index contributed by atoms with van der Waals surface area (Å²) in [5.41, 5.74) is 6.37. The van der Waals surface area contributed by atoms with Crippen molar-refractivity contribution >= 4 is 5.91 Å². The van der Waals surface area contributed by atoms with Crippen LogP contribution in [0.2, 0.25) is 0 Å². The first kappa shape index (κ1) is 13.6. The predicted octanol–water partition coefficient (Wildman–Crippen LogP) is 1.38. The molecule has 20 heavy (non-hydrogen) atoms. The lowest BCUT2D eigenvalue weighted by Gasteiger charge is -2.61. The van der Waals surface area contributed by atoms with Gasteiger partial charge in [0.05, 0.1) is 18.6 Å². The van der Waals surface area contributed by atoms with Gasteiger partial charge in [0.2, 0.25) is 5.91 Å². The number of rotatable bonds is 3. The van der Waals surface area contributed by atoms with Gasteiger partial charge in [-0.3, -0.25) is 4.79 Å². The molecule has 5 nitrogen and oxygen atoms in total. The highest BCUT2D eigenvalue weighted by Crippen LogP contribution is 2.58. The summed E-state index contributed by atoms with van der Waals surface area (Å²) in [6, 6.07) is 1.86. The SMILES string of the molecule is CN(Cc1ccoc1)C(=O)C1(N)C2CCOC2C1(C)C. The molecule has 3 unspecified atom stereocenters. The van der Waals surface area contributed by atoms with E-state index in [2.05, 4.69) is 0 Å². The van der Waals surface area contributed by atoms with Crippen molar-refractivity contribution in [3.8, 4) is 0 Å². The molecular weight excluding hydrogens is 256 g/mol. The molecule has 3 rings (SSSR count). The maximum atomic E-state index is 12.8. The van der Waals surface area contributed by atoms with Gasteiger partial charge < -0.3 is 19.8 Å². The number of amides is 1. The first-order valence-corrected chi connectivity index (χ1v) is 7.06. The Hall–Kier alpha value is -1.33. The molecule has 3 atom stereocenters. The average Bonchev–Trinajstić information content (AvgIpc) is 3.06. The molecule has 0 bridgehead atoms. The highest BCUT2D eigenvalue weighted by Gasteiger charge is 2.71. The lowest BCUT2D eigenvalue weighted by atomic mass is 9.47. The summed E-state index contributed by atoms with van der Waals surface area (Å²) in [7, 11) is 1.79. The molecule has 1 saturated heterocycles. The van der Waals surface area contributed by atoms with Crippen LogP contribution >= 0.6 is 0 Å². The number of likely N-dealkylation sites (N-methyl/N-ethyl adjacent to an activating group) is 1. The third-order valence-electron chi connectivity index (χ3n) is 5.15. The fourth-order valence-electron chi connectivity index (χ4n) is 3.86. The molecular formula is C15H22N2O3. The van der Waals surface area contributed by atoms with E-state index in [0.717, 1.165) is 12.0 Å². The summed E-state index contributed by atoms with van der Waals surface area (Å²) in [5, 5.41) is 0.